The number of hydrogen-bond acceptors (Lipinski definition) is 1. The maximum atomic E-state index is 13.2. The summed E-state index contributed by atoms with van der Waals surface area (Å²) in [5.41, 5.74) is -0.422. The minimum absolute atomic E-state index is 0.00199. The van der Waals surface area contributed by atoms with E-state index in [9.17, 15) is 13.9 Å². The van der Waals surface area contributed by atoms with Crippen LogP contribution < -0.4 is 0 Å². The molecule has 0 saturated carbocycles. The predicted octanol–water partition coefficient (Wildman–Crippen LogP) is 2.91. The molecule has 0 heterocycles. The van der Waals surface area contributed by atoms with Crippen LogP contribution in [0.3, 0.4) is 0 Å². The van der Waals surface area contributed by atoms with Crippen LogP contribution in [0.15, 0.2) is 18.2 Å². The van der Waals surface area contributed by atoms with Gasteiger partial charge in [-0.05, 0) is 17.5 Å². The molecule has 84 valence electrons. The summed E-state index contributed by atoms with van der Waals surface area (Å²) < 4.78 is 26.5. The Kier molecular flexibility index (Phi) is 3.45. The number of aliphatic hydroxyl groups is 1. The summed E-state index contributed by atoms with van der Waals surface area (Å²) in [6.45, 7) is 5.49. The third kappa shape index (κ3) is 2.99. The predicted molar refractivity (Wildman–Crippen MR) is 55.5 cm³/mol. The molecule has 15 heavy (non-hydrogen) atoms. The normalized spacial score (nSPS) is 14.0. The maximum absolute atomic E-state index is 13.2. The second kappa shape index (κ2) is 4.27. The lowest BCUT2D eigenvalue weighted by Gasteiger charge is -2.26. The first kappa shape index (κ1) is 12.1. The molecule has 3 heteroatoms. The maximum Gasteiger partial charge on any atom is 0.129 e. The Hall–Kier alpha value is -0.960. The van der Waals surface area contributed by atoms with Crippen molar-refractivity contribution in [3.63, 3.8) is 0 Å². The van der Waals surface area contributed by atoms with Crippen molar-refractivity contribution in [2.24, 2.45) is 5.41 Å². The third-order valence-corrected chi connectivity index (χ3v) is 2.46. The first-order chi connectivity index (χ1) is 6.82. The number of benzene rings is 1. The highest BCUT2D eigenvalue weighted by Crippen LogP contribution is 2.24. The summed E-state index contributed by atoms with van der Waals surface area (Å²) >= 11 is 0. The highest BCUT2D eigenvalue weighted by atomic mass is 19.1. The van der Waals surface area contributed by atoms with E-state index < -0.39 is 17.7 Å². The number of aliphatic hydroxyl groups excluding tert-OH is 1. The summed E-state index contributed by atoms with van der Waals surface area (Å²) in [5.74, 6) is -1.20. The van der Waals surface area contributed by atoms with Gasteiger partial charge in [-0.25, -0.2) is 8.78 Å². The van der Waals surface area contributed by atoms with Crippen molar-refractivity contribution in [3.8, 4) is 0 Å². The molecule has 1 aromatic carbocycles. The molecule has 1 aromatic rings. The molecule has 0 saturated heterocycles. The van der Waals surface area contributed by atoms with Crippen molar-refractivity contribution in [3.05, 3.63) is 35.4 Å². The standard InChI is InChI=1S/C12H16F2O/c1-12(2,3)11(15)7-8-9(13)5-4-6-10(8)14/h4-6,11,15H,7H2,1-3H3. The Morgan fingerprint density at radius 3 is 2.07 bits per heavy atom. The minimum atomic E-state index is -0.760. The largest absolute Gasteiger partial charge is 0.392 e. The van der Waals surface area contributed by atoms with Crippen LogP contribution in [0, 0.1) is 17.0 Å². The van der Waals surface area contributed by atoms with Gasteiger partial charge in [-0.3, -0.25) is 0 Å². The lowest BCUT2D eigenvalue weighted by molar-refractivity contribution is 0.0621. The van der Waals surface area contributed by atoms with Gasteiger partial charge in [0, 0.05) is 12.0 Å². The number of halogens is 2. The lowest BCUT2D eigenvalue weighted by Crippen LogP contribution is -2.28. The summed E-state index contributed by atoms with van der Waals surface area (Å²) in [5, 5.41) is 9.75. The second-order valence-electron chi connectivity index (χ2n) is 4.79. The fraction of sp³-hybridized carbons (Fsp3) is 0.500. The van der Waals surface area contributed by atoms with E-state index in [1.54, 1.807) is 0 Å². The zero-order valence-electron chi connectivity index (χ0n) is 9.22. The molecule has 0 bridgehead atoms. The average molecular weight is 214 g/mol. The topological polar surface area (TPSA) is 20.2 Å². The fourth-order valence-electron chi connectivity index (χ4n) is 1.23. The van der Waals surface area contributed by atoms with E-state index in [0.29, 0.717) is 0 Å². The SMILES string of the molecule is CC(C)(C)C(O)Cc1c(F)cccc1F. The van der Waals surface area contributed by atoms with Gasteiger partial charge in [0.2, 0.25) is 0 Å². The molecule has 0 aliphatic carbocycles. The third-order valence-electron chi connectivity index (χ3n) is 2.46. The molecule has 0 amide bonds. The first-order valence-electron chi connectivity index (χ1n) is 4.93. The summed E-state index contributed by atoms with van der Waals surface area (Å²) in [6.07, 6.45) is -0.758. The van der Waals surface area contributed by atoms with Crippen molar-refractivity contribution in [1.82, 2.24) is 0 Å². The smallest absolute Gasteiger partial charge is 0.129 e. The van der Waals surface area contributed by atoms with Crippen LogP contribution in [-0.2, 0) is 6.42 Å². The van der Waals surface area contributed by atoms with Gasteiger partial charge in [0.1, 0.15) is 11.6 Å². The molecular formula is C12H16F2O. The number of rotatable bonds is 2. The monoisotopic (exact) mass is 214 g/mol. The molecule has 1 rings (SSSR count). The highest BCUT2D eigenvalue weighted by molar-refractivity contribution is 5.20. The Morgan fingerprint density at radius 2 is 1.67 bits per heavy atom. The molecule has 1 N–H and O–H groups in total. The summed E-state index contributed by atoms with van der Waals surface area (Å²) in [6, 6.07) is 3.72. The lowest BCUT2D eigenvalue weighted by atomic mass is 9.85. The minimum Gasteiger partial charge on any atom is -0.392 e. The zero-order valence-corrected chi connectivity index (χ0v) is 9.22. The van der Waals surface area contributed by atoms with Crippen molar-refractivity contribution in [1.29, 1.82) is 0 Å². The highest BCUT2D eigenvalue weighted by Gasteiger charge is 2.24. The van der Waals surface area contributed by atoms with Gasteiger partial charge in [0.25, 0.3) is 0 Å². The molecule has 0 fully saturated rings. The van der Waals surface area contributed by atoms with Gasteiger partial charge < -0.3 is 5.11 Å². The Labute approximate surface area is 88.7 Å². The fourth-order valence-corrected chi connectivity index (χ4v) is 1.23. The molecule has 0 spiro atoms. The van der Waals surface area contributed by atoms with Crippen LogP contribution in [0.1, 0.15) is 26.3 Å². The van der Waals surface area contributed by atoms with Crippen molar-refractivity contribution >= 4 is 0 Å². The molecule has 0 aliphatic heterocycles. The quantitative estimate of drug-likeness (QED) is 0.802. The van der Waals surface area contributed by atoms with Crippen LogP contribution in [0.5, 0.6) is 0 Å². The number of hydrogen-bond donors (Lipinski definition) is 1. The van der Waals surface area contributed by atoms with E-state index in [0.717, 1.165) is 0 Å². The molecule has 0 radical (unpaired) electrons. The average Bonchev–Trinajstić information content (AvgIpc) is 2.09. The van der Waals surface area contributed by atoms with Crippen LogP contribution in [0.2, 0.25) is 0 Å². The van der Waals surface area contributed by atoms with Crippen LogP contribution in [0.4, 0.5) is 8.78 Å². The molecule has 1 nitrogen and oxygen atoms in total. The van der Waals surface area contributed by atoms with Gasteiger partial charge in [0.15, 0.2) is 0 Å². The van der Waals surface area contributed by atoms with Gasteiger partial charge in [-0.2, -0.15) is 0 Å². The van der Waals surface area contributed by atoms with Crippen LogP contribution in [-0.4, -0.2) is 11.2 Å². The van der Waals surface area contributed by atoms with Gasteiger partial charge >= 0.3 is 0 Å². The molecular weight excluding hydrogens is 198 g/mol. The molecule has 0 aliphatic rings. The van der Waals surface area contributed by atoms with Gasteiger partial charge in [-0.15, -0.1) is 0 Å². The Morgan fingerprint density at radius 1 is 1.20 bits per heavy atom. The van der Waals surface area contributed by atoms with E-state index >= 15 is 0 Å². The van der Waals surface area contributed by atoms with Crippen molar-refractivity contribution < 1.29 is 13.9 Å². The van der Waals surface area contributed by atoms with E-state index in [1.807, 2.05) is 20.8 Å². The summed E-state index contributed by atoms with van der Waals surface area (Å²) in [4.78, 5) is 0. The van der Waals surface area contributed by atoms with Gasteiger partial charge in [0.05, 0.1) is 6.10 Å². The van der Waals surface area contributed by atoms with Crippen LogP contribution in [0.25, 0.3) is 0 Å². The van der Waals surface area contributed by atoms with Crippen molar-refractivity contribution in [2.75, 3.05) is 0 Å². The molecule has 1 atom stereocenters. The van der Waals surface area contributed by atoms with E-state index in [1.165, 1.54) is 18.2 Å². The Bertz CT molecular complexity index is 322. The van der Waals surface area contributed by atoms with E-state index in [2.05, 4.69) is 0 Å². The van der Waals surface area contributed by atoms with Crippen molar-refractivity contribution in [2.45, 2.75) is 33.3 Å². The molecule has 0 aromatic heterocycles. The Balaban J connectivity index is 2.90. The molecule has 1 unspecified atom stereocenters. The van der Waals surface area contributed by atoms with Crippen LogP contribution >= 0.6 is 0 Å². The first-order valence-corrected chi connectivity index (χ1v) is 4.93. The van der Waals surface area contributed by atoms with Gasteiger partial charge in [-0.1, -0.05) is 26.8 Å². The second-order valence-corrected chi connectivity index (χ2v) is 4.79. The summed E-state index contributed by atoms with van der Waals surface area (Å²) in [7, 11) is 0. The van der Waals surface area contributed by atoms with E-state index in [-0.39, 0.29) is 17.4 Å². The van der Waals surface area contributed by atoms with E-state index in [4.69, 9.17) is 0 Å². The zero-order chi connectivity index (χ0) is 11.6.